The van der Waals surface area contributed by atoms with Crippen molar-refractivity contribution < 1.29 is 19.0 Å². The Balaban J connectivity index is 4.14. The lowest BCUT2D eigenvalue weighted by atomic mass is 10.2. The van der Waals surface area contributed by atoms with Crippen LogP contribution in [0.1, 0.15) is 34.1 Å². The molecule has 0 aliphatic heterocycles. The van der Waals surface area contributed by atoms with E-state index in [0.29, 0.717) is 39.5 Å². The second kappa shape index (κ2) is 12.4. The molecule has 19 heavy (non-hydrogen) atoms. The lowest BCUT2D eigenvalue weighted by Crippen LogP contribution is -2.39. The lowest BCUT2D eigenvalue weighted by Gasteiger charge is -2.28. The van der Waals surface area contributed by atoms with Gasteiger partial charge in [0, 0.05) is 32.3 Å². The smallest absolute Gasteiger partial charge is 0.307 e. The van der Waals surface area contributed by atoms with E-state index in [1.54, 1.807) is 0 Å². The first-order valence-corrected chi connectivity index (χ1v) is 7.20. The summed E-state index contributed by atoms with van der Waals surface area (Å²) in [5.74, 6) is -0.146. The van der Waals surface area contributed by atoms with E-state index in [0.717, 1.165) is 13.1 Å². The molecule has 1 atom stereocenters. The summed E-state index contributed by atoms with van der Waals surface area (Å²) < 4.78 is 15.7. The van der Waals surface area contributed by atoms with Gasteiger partial charge in [-0.2, -0.15) is 0 Å². The molecule has 0 aromatic heterocycles. The molecule has 5 heteroatoms. The minimum absolute atomic E-state index is 0.139. The summed E-state index contributed by atoms with van der Waals surface area (Å²) in [6.07, 6.45) is 0.409. The van der Waals surface area contributed by atoms with Gasteiger partial charge in [0.1, 0.15) is 0 Å². The van der Waals surface area contributed by atoms with Crippen LogP contribution >= 0.6 is 0 Å². The second-order valence-electron chi connectivity index (χ2n) is 4.29. The van der Waals surface area contributed by atoms with Gasteiger partial charge in [-0.15, -0.1) is 0 Å². The van der Waals surface area contributed by atoms with E-state index in [1.165, 1.54) is 0 Å². The van der Waals surface area contributed by atoms with Crippen molar-refractivity contribution in [3.63, 3.8) is 0 Å². The Morgan fingerprint density at radius 2 is 1.53 bits per heavy atom. The summed E-state index contributed by atoms with van der Waals surface area (Å²) in [6.45, 7) is 12.6. The molecule has 0 rings (SSSR count). The van der Waals surface area contributed by atoms with E-state index in [2.05, 4.69) is 4.90 Å². The van der Waals surface area contributed by atoms with Crippen molar-refractivity contribution in [1.82, 2.24) is 4.90 Å². The number of carbonyl (C=O) groups is 1. The first-order valence-electron chi connectivity index (χ1n) is 7.20. The molecule has 114 valence electrons. The molecule has 0 N–H and O–H groups in total. The minimum Gasteiger partial charge on any atom is -0.466 e. The van der Waals surface area contributed by atoms with Gasteiger partial charge in [-0.25, -0.2) is 0 Å². The third kappa shape index (κ3) is 9.87. The summed E-state index contributed by atoms with van der Waals surface area (Å²) in [7, 11) is 0. The molecule has 0 bridgehead atoms. The Morgan fingerprint density at radius 1 is 1.00 bits per heavy atom. The van der Waals surface area contributed by atoms with Gasteiger partial charge in [-0.05, 0) is 27.7 Å². The Hall–Kier alpha value is -0.650. The fourth-order valence-electron chi connectivity index (χ4n) is 1.80. The van der Waals surface area contributed by atoms with Gasteiger partial charge >= 0.3 is 5.97 Å². The third-order valence-electron chi connectivity index (χ3n) is 2.84. The molecule has 0 saturated carbocycles. The maximum atomic E-state index is 11.5. The van der Waals surface area contributed by atoms with Crippen molar-refractivity contribution in [1.29, 1.82) is 0 Å². The number of ether oxygens (including phenoxy) is 3. The molecule has 0 fully saturated rings. The third-order valence-corrected chi connectivity index (χ3v) is 2.84. The number of rotatable bonds is 12. The highest BCUT2D eigenvalue weighted by Crippen LogP contribution is 2.05. The van der Waals surface area contributed by atoms with Crippen molar-refractivity contribution in [2.24, 2.45) is 0 Å². The SMILES string of the molecule is CCOCCN(CCOCC)C(C)CC(=O)OCC. The van der Waals surface area contributed by atoms with Crippen molar-refractivity contribution in [3.05, 3.63) is 0 Å². The number of nitrogens with zero attached hydrogens (tertiary/aromatic N) is 1. The molecule has 0 aromatic rings. The van der Waals surface area contributed by atoms with Crippen LogP contribution in [0.15, 0.2) is 0 Å². The number of carbonyl (C=O) groups excluding carboxylic acids is 1. The minimum atomic E-state index is -0.146. The zero-order valence-electron chi connectivity index (χ0n) is 12.8. The van der Waals surface area contributed by atoms with E-state index in [4.69, 9.17) is 14.2 Å². The maximum Gasteiger partial charge on any atom is 0.307 e. The molecule has 0 heterocycles. The fraction of sp³-hybridized carbons (Fsp3) is 0.929. The highest BCUT2D eigenvalue weighted by molar-refractivity contribution is 5.70. The molecule has 0 amide bonds. The van der Waals surface area contributed by atoms with E-state index in [9.17, 15) is 4.79 Å². The van der Waals surface area contributed by atoms with Crippen LogP contribution in [-0.2, 0) is 19.0 Å². The normalized spacial score (nSPS) is 12.7. The zero-order chi connectivity index (χ0) is 14.5. The standard InChI is InChI=1S/C14H29NO4/c1-5-17-10-8-15(9-11-18-6-2)13(4)12-14(16)19-7-3/h13H,5-12H2,1-4H3. The molecule has 0 aliphatic rings. The van der Waals surface area contributed by atoms with Crippen molar-refractivity contribution >= 4 is 5.97 Å². The Kier molecular flexibility index (Phi) is 12.0. The van der Waals surface area contributed by atoms with Crippen molar-refractivity contribution in [3.8, 4) is 0 Å². The predicted molar refractivity (Wildman–Crippen MR) is 75.3 cm³/mol. The van der Waals surface area contributed by atoms with Gasteiger partial charge < -0.3 is 14.2 Å². The van der Waals surface area contributed by atoms with Gasteiger partial charge in [-0.1, -0.05) is 0 Å². The first kappa shape index (κ1) is 18.4. The van der Waals surface area contributed by atoms with E-state index >= 15 is 0 Å². The van der Waals surface area contributed by atoms with Crippen LogP contribution in [0.5, 0.6) is 0 Å². The van der Waals surface area contributed by atoms with Crippen molar-refractivity contribution in [2.45, 2.75) is 40.2 Å². The summed E-state index contributed by atoms with van der Waals surface area (Å²) in [6, 6.07) is 0.139. The highest BCUT2D eigenvalue weighted by Gasteiger charge is 2.17. The zero-order valence-corrected chi connectivity index (χ0v) is 12.8. The summed E-state index contributed by atoms with van der Waals surface area (Å²) >= 11 is 0. The molecule has 0 saturated heterocycles. The molecule has 0 spiro atoms. The quantitative estimate of drug-likeness (QED) is 0.401. The first-order chi connectivity index (χ1) is 9.15. The average molecular weight is 275 g/mol. The second-order valence-corrected chi connectivity index (χ2v) is 4.29. The van der Waals surface area contributed by atoms with E-state index in [1.807, 2.05) is 27.7 Å². The van der Waals surface area contributed by atoms with Gasteiger partial charge in [0.25, 0.3) is 0 Å². The largest absolute Gasteiger partial charge is 0.466 e. The fourth-order valence-corrected chi connectivity index (χ4v) is 1.80. The number of hydrogen-bond acceptors (Lipinski definition) is 5. The number of esters is 1. The van der Waals surface area contributed by atoms with Gasteiger partial charge in [0.2, 0.25) is 0 Å². The van der Waals surface area contributed by atoms with Crippen molar-refractivity contribution in [2.75, 3.05) is 46.1 Å². The Bertz CT molecular complexity index is 213. The molecular formula is C14H29NO4. The van der Waals surface area contributed by atoms with Crippen LogP contribution < -0.4 is 0 Å². The number of hydrogen-bond donors (Lipinski definition) is 0. The van der Waals surface area contributed by atoms with E-state index < -0.39 is 0 Å². The summed E-state index contributed by atoms with van der Waals surface area (Å²) in [4.78, 5) is 13.7. The summed E-state index contributed by atoms with van der Waals surface area (Å²) in [5.41, 5.74) is 0. The van der Waals surface area contributed by atoms with Crippen LogP contribution in [0.25, 0.3) is 0 Å². The Morgan fingerprint density at radius 3 is 1.95 bits per heavy atom. The van der Waals surface area contributed by atoms with Crippen LogP contribution in [-0.4, -0.2) is 63.0 Å². The van der Waals surface area contributed by atoms with Gasteiger partial charge in [0.05, 0.1) is 26.2 Å². The molecule has 0 aliphatic carbocycles. The monoisotopic (exact) mass is 275 g/mol. The van der Waals surface area contributed by atoms with Crippen LogP contribution in [0.3, 0.4) is 0 Å². The van der Waals surface area contributed by atoms with E-state index in [-0.39, 0.29) is 12.0 Å². The maximum absolute atomic E-state index is 11.5. The lowest BCUT2D eigenvalue weighted by molar-refractivity contribution is -0.144. The van der Waals surface area contributed by atoms with Gasteiger partial charge in [0.15, 0.2) is 0 Å². The van der Waals surface area contributed by atoms with Gasteiger partial charge in [-0.3, -0.25) is 9.69 Å². The predicted octanol–water partition coefficient (Wildman–Crippen LogP) is 1.70. The molecular weight excluding hydrogens is 246 g/mol. The molecule has 5 nitrogen and oxygen atoms in total. The highest BCUT2D eigenvalue weighted by atomic mass is 16.5. The summed E-state index contributed by atoms with van der Waals surface area (Å²) in [5, 5.41) is 0. The van der Waals surface area contributed by atoms with Crippen LogP contribution in [0.2, 0.25) is 0 Å². The van der Waals surface area contributed by atoms with Crippen LogP contribution in [0, 0.1) is 0 Å². The topological polar surface area (TPSA) is 48.0 Å². The van der Waals surface area contributed by atoms with Crippen LogP contribution in [0.4, 0.5) is 0 Å². The molecule has 0 aromatic carbocycles. The molecule has 1 unspecified atom stereocenters. The molecule has 0 radical (unpaired) electrons. The Labute approximate surface area is 117 Å². The average Bonchev–Trinajstić information content (AvgIpc) is 2.37.